The van der Waals surface area contributed by atoms with E-state index in [1.165, 1.54) is 19.2 Å². The van der Waals surface area contributed by atoms with E-state index in [0.717, 1.165) is 22.2 Å². The van der Waals surface area contributed by atoms with Gasteiger partial charge in [0, 0.05) is 0 Å². The van der Waals surface area contributed by atoms with Gasteiger partial charge in [0.05, 0.1) is 18.6 Å². The molecule has 0 N–H and O–H groups in total. The fourth-order valence-electron chi connectivity index (χ4n) is 2.77. The summed E-state index contributed by atoms with van der Waals surface area (Å²) >= 11 is 0.844. The van der Waals surface area contributed by atoms with Crippen LogP contribution in [0.1, 0.15) is 21.9 Å². The van der Waals surface area contributed by atoms with E-state index in [1.807, 2.05) is 0 Å². The standard InChI is InChI=1S/C19H15NO7S/c1-24-18(22)14-5-3-12(27-14)10-20-17(21)16(28-19(20)23)9-11-2-4-13-15(8-11)26-7-6-25-13/h2-5,8-9H,6-7,10H2,1H3/b16-9+. The van der Waals surface area contributed by atoms with E-state index in [0.29, 0.717) is 35.4 Å². The lowest BCUT2D eigenvalue weighted by molar-refractivity contribution is -0.123. The van der Waals surface area contributed by atoms with E-state index in [2.05, 4.69) is 4.74 Å². The molecule has 8 nitrogen and oxygen atoms in total. The van der Waals surface area contributed by atoms with Crippen molar-refractivity contribution in [2.24, 2.45) is 0 Å². The van der Waals surface area contributed by atoms with Gasteiger partial charge in [0.25, 0.3) is 11.1 Å². The van der Waals surface area contributed by atoms with Crippen molar-refractivity contribution in [3.8, 4) is 11.5 Å². The zero-order valence-electron chi connectivity index (χ0n) is 14.8. The van der Waals surface area contributed by atoms with Crippen molar-refractivity contribution >= 4 is 35.0 Å². The van der Waals surface area contributed by atoms with Gasteiger partial charge in [0.2, 0.25) is 5.76 Å². The number of fused-ring (bicyclic) bond motifs is 1. The summed E-state index contributed by atoms with van der Waals surface area (Å²) in [7, 11) is 1.24. The molecule has 0 unspecified atom stereocenters. The molecular weight excluding hydrogens is 386 g/mol. The lowest BCUT2D eigenvalue weighted by Crippen LogP contribution is -2.27. The Labute approximate surface area is 164 Å². The minimum atomic E-state index is -0.626. The largest absolute Gasteiger partial charge is 0.486 e. The highest BCUT2D eigenvalue weighted by molar-refractivity contribution is 8.18. The van der Waals surface area contributed by atoms with Gasteiger partial charge in [0.15, 0.2) is 11.5 Å². The molecule has 0 aliphatic carbocycles. The molecule has 0 bridgehead atoms. The van der Waals surface area contributed by atoms with Crippen LogP contribution in [0.4, 0.5) is 4.79 Å². The molecule has 1 aromatic heterocycles. The van der Waals surface area contributed by atoms with Crippen molar-refractivity contribution < 1.29 is 33.0 Å². The topological polar surface area (TPSA) is 95.3 Å². The number of hydrogen-bond donors (Lipinski definition) is 0. The van der Waals surface area contributed by atoms with Gasteiger partial charge in [-0.1, -0.05) is 6.07 Å². The third-order valence-corrected chi connectivity index (χ3v) is 5.01. The first kappa shape index (κ1) is 18.2. The van der Waals surface area contributed by atoms with Crippen LogP contribution in [0.15, 0.2) is 39.7 Å². The van der Waals surface area contributed by atoms with Gasteiger partial charge in [-0.3, -0.25) is 14.5 Å². The highest BCUT2D eigenvalue weighted by atomic mass is 32.2. The fraction of sp³-hybridized carbons (Fsp3) is 0.211. The summed E-state index contributed by atoms with van der Waals surface area (Å²) in [4.78, 5) is 37.7. The van der Waals surface area contributed by atoms with E-state index in [1.54, 1.807) is 24.3 Å². The molecule has 0 saturated carbocycles. The Bertz CT molecular complexity index is 994. The summed E-state index contributed by atoms with van der Waals surface area (Å²) in [5.41, 5.74) is 0.723. The normalized spacial score (nSPS) is 17.3. The van der Waals surface area contributed by atoms with Crippen LogP contribution in [-0.2, 0) is 16.1 Å². The summed E-state index contributed by atoms with van der Waals surface area (Å²) in [6, 6.07) is 8.28. The number of benzene rings is 1. The minimum Gasteiger partial charge on any atom is -0.486 e. The Balaban J connectivity index is 1.51. The maximum absolute atomic E-state index is 12.6. The highest BCUT2D eigenvalue weighted by Gasteiger charge is 2.35. The Hall–Kier alpha value is -3.20. The molecular formula is C19H15NO7S. The van der Waals surface area contributed by atoms with Crippen molar-refractivity contribution in [3.63, 3.8) is 0 Å². The zero-order valence-corrected chi connectivity index (χ0v) is 15.6. The van der Waals surface area contributed by atoms with Crippen LogP contribution < -0.4 is 9.47 Å². The molecule has 1 aromatic carbocycles. The van der Waals surface area contributed by atoms with Crippen LogP contribution in [0, 0.1) is 0 Å². The van der Waals surface area contributed by atoms with Crippen LogP contribution in [0.3, 0.4) is 0 Å². The maximum Gasteiger partial charge on any atom is 0.373 e. The van der Waals surface area contributed by atoms with E-state index < -0.39 is 17.1 Å². The minimum absolute atomic E-state index is 0.0105. The number of thioether (sulfide) groups is 1. The van der Waals surface area contributed by atoms with Crippen LogP contribution in [0.2, 0.25) is 0 Å². The van der Waals surface area contributed by atoms with Crippen molar-refractivity contribution in [3.05, 3.63) is 52.3 Å². The van der Waals surface area contributed by atoms with Crippen LogP contribution in [0.25, 0.3) is 6.08 Å². The SMILES string of the molecule is COC(=O)c1ccc(CN2C(=O)S/C(=C/c3ccc4c(c3)OCCO4)C2=O)o1. The molecule has 0 radical (unpaired) electrons. The molecule has 28 heavy (non-hydrogen) atoms. The lowest BCUT2D eigenvalue weighted by Gasteiger charge is -2.18. The van der Waals surface area contributed by atoms with E-state index in [4.69, 9.17) is 13.9 Å². The summed E-state index contributed by atoms with van der Waals surface area (Å²) in [6.45, 7) is 0.888. The van der Waals surface area contributed by atoms with E-state index in [9.17, 15) is 14.4 Å². The molecule has 2 amide bonds. The smallest absolute Gasteiger partial charge is 0.373 e. The molecule has 2 aromatic rings. The molecule has 2 aliphatic rings. The predicted molar refractivity (Wildman–Crippen MR) is 99.0 cm³/mol. The molecule has 4 rings (SSSR count). The highest BCUT2D eigenvalue weighted by Crippen LogP contribution is 2.36. The van der Waals surface area contributed by atoms with Crippen molar-refractivity contribution in [1.82, 2.24) is 4.90 Å². The molecule has 2 aliphatic heterocycles. The van der Waals surface area contributed by atoms with Crippen molar-refractivity contribution in [1.29, 1.82) is 0 Å². The Morgan fingerprint density at radius 1 is 1.18 bits per heavy atom. The van der Waals surface area contributed by atoms with Crippen LogP contribution in [-0.4, -0.2) is 42.3 Å². The third kappa shape index (κ3) is 3.48. The number of hydrogen-bond acceptors (Lipinski definition) is 8. The summed E-state index contributed by atoms with van der Waals surface area (Å²) < 4.78 is 20.9. The van der Waals surface area contributed by atoms with Gasteiger partial charge in [-0.05, 0) is 47.7 Å². The average molecular weight is 401 g/mol. The van der Waals surface area contributed by atoms with Gasteiger partial charge >= 0.3 is 5.97 Å². The number of amides is 2. The monoisotopic (exact) mass is 401 g/mol. The van der Waals surface area contributed by atoms with Gasteiger partial charge in [0.1, 0.15) is 19.0 Å². The van der Waals surface area contributed by atoms with Gasteiger partial charge < -0.3 is 18.6 Å². The number of nitrogens with zero attached hydrogens (tertiary/aromatic N) is 1. The summed E-state index contributed by atoms with van der Waals surface area (Å²) in [5, 5.41) is -0.412. The number of methoxy groups -OCH3 is 1. The molecule has 0 atom stereocenters. The quantitative estimate of drug-likeness (QED) is 0.570. The second kappa shape index (κ2) is 7.43. The summed E-state index contributed by atoms with van der Waals surface area (Å²) in [5.74, 6) is 0.514. The second-order valence-electron chi connectivity index (χ2n) is 5.93. The van der Waals surface area contributed by atoms with Crippen LogP contribution in [0.5, 0.6) is 11.5 Å². The molecule has 144 valence electrons. The first-order chi connectivity index (χ1) is 13.5. The maximum atomic E-state index is 12.6. The fourth-order valence-corrected chi connectivity index (χ4v) is 3.60. The number of esters is 1. The molecule has 3 heterocycles. The number of carbonyl (C=O) groups excluding carboxylic acids is 3. The number of ether oxygens (including phenoxy) is 3. The Morgan fingerprint density at radius 2 is 1.96 bits per heavy atom. The van der Waals surface area contributed by atoms with Gasteiger partial charge in [-0.25, -0.2) is 4.79 Å². The first-order valence-electron chi connectivity index (χ1n) is 8.37. The van der Waals surface area contributed by atoms with E-state index >= 15 is 0 Å². The number of rotatable bonds is 4. The first-order valence-corrected chi connectivity index (χ1v) is 9.19. The van der Waals surface area contributed by atoms with Gasteiger partial charge in [-0.2, -0.15) is 0 Å². The molecule has 1 saturated heterocycles. The van der Waals surface area contributed by atoms with Crippen LogP contribution >= 0.6 is 11.8 Å². The van der Waals surface area contributed by atoms with E-state index in [-0.39, 0.29) is 12.3 Å². The predicted octanol–water partition coefficient (Wildman–Crippen LogP) is 3.07. The third-order valence-electron chi connectivity index (χ3n) is 4.10. The Morgan fingerprint density at radius 3 is 2.75 bits per heavy atom. The molecule has 0 spiro atoms. The molecule has 1 fully saturated rings. The number of furan rings is 1. The second-order valence-corrected chi connectivity index (χ2v) is 6.92. The van der Waals surface area contributed by atoms with Gasteiger partial charge in [-0.15, -0.1) is 0 Å². The van der Waals surface area contributed by atoms with Crippen molar-refractivity contribution in [2.75, 3.05) is 20.3 Å². The summed E-state index contributed by atoms with van der Waals surface area (Å²) in [6.07, 6.45) is 1.63. The zero-order chi connectivity index (χ0) is 19.7. The number of carbonyl (C=O) groups is 3. The Kier molecular flexibility index (Phi) is 4.82. The lowest BCUT2D eigenvalue weighted by atomic mass is 10.1. The van der Waals surface area contributed by atoms with Crippen molar-refractivity contribution in [2.45, 2.75) is 6.54 Å². The molecule has 9 heteroatoms. The average Bonchev–Trinajstić information content (AvgIpc) is 3.28. The number of imide groups is 1.